The predicted octanol–water partition coefficient (Wildman–Crippen LogP) is 6.39. The van der Waals surface area contributed by atoms with Gasteiger partial charge in [0.15, 0.2) is 0 Å². The van der Waals surface area contributed by atoms with Crippen LogP contribution in [0.1, 0.15) is 0 Å². The minimum absolute atomic E-state index is 0.304. The van der Waals surface area contributed by atoms with Gasteiger partial charge >= 0.3 is 53.6 Å². The molecule has 0 saturated carbocycles. The number of alkyl halides is 21. The summed E-state index contributed by atoms with van der Waals surface area (Å²) >= 11 is 0. The monoisotopic (exact) mass is 547 g/mol. The average Bonchev–Trinajstić information content (AvgIpc) is 2.51. The molecule has 0 nitrogen and oxygen atoms in total. The average molecular weight is 547 g/mol. The van der Waals surface area contributed by atoms with Gasteiger partial charge in [-0.2, -0.15) is 83.4 Å². The van der Waals surface area contributed by atoms with E-state index in [-0.39, 0.29) is 0 Å². The molecule has 0 aliphatic heterocycles. The Morgan fingerprint density at radius 3 is 0.562 bits per heavy atom. The minimum atomic E-state index is -9.14. The lowest BCUT2D eigenvalue weighted by Gasteiger charge is -2.44. The zero-order valence-electron chi connectivity index (χ0n) is 13.4. The lowest BCUT2D eigenvalue weighted by molar-refractivity contribution is -0.472. The van der Waals surface area contributed by atoms with Gasteiger partial charge in [-0.05, 0) is 0 Å². The van der Waals surface area contributed by atoms with Gasteiger partial charge in [-0.15, -0.1) is 0 Å². The van der Waals surface area contributed by atoms with Crippen molar-refractivity contribution in [3.8, 4) is 0 Å². The number of rotatable bonds is 8. The van der Waals surface area contributed by atoms with E-state index in [9.17, 15) is 92.2 Å². The summed E-state index contributed by atoms with van der Waals surface area (Å²) in [5, 5.41) is 0. The third-order valence-corrected chi connectivity index (χ3v) is 3.82. The van der Waals surface area contributed by atoms with Crippen molar-refractivity contribution in [1.82, 2.24) is 0 Å². The van der Waals surface area contributed by atoms with Crippen LogP contribution in [0, 0.1) is 0 Å². The van der Waals surface area contributed by atoms with Crippen LogP contribution in [0.15, 0.2) is 0 Å². The summed E-state index contributed by atoms with van der Waals surface area (Å²) in [7, 11) is 0.304. The Morgan fingerprint density at radius 1 is 0.250 bits per heavy atom. The van der Waals surface area contributed by atoms with Crippen LogP contribution in [-0.2, 0) is 0 Å². The molecule has 0 bridgehead atoms. The zero-order chi connectivity index (χ0) is 27.0. The molecule has 32 heavy (non-hydrogen) atoms. The van der Waals surface area contributed by atoms with E-state index in [4.69, 9.17) is 0 Å². The summed E-state index contributed by atoms with van der Waals surface area (Å²) in [6.07, 6.45) is -7.98. The lowest BCUT2D eigenvalue weighted by Crippen LogP contribution is -2.76. The molecule has 0 unspecified atom stereocenters. The summed E-state index contributed by atoms with van der Waals surface area (Å²) in [4.78, 5) is 0. The minimum Gasteiger partial charge on any atom is -0.206 e. The van der Waals surface area contributed by atoms with Gasteiger partial charge in [0.1, 0.15) is 10.2 Å². The van der Waals surface area contributed by atoms with Gasteiger partial charge in [-0.25, -0.2) is 8.78 Å². The molecule has 0 aromatic carbocycles. The lowest BCUT2D eigenvalue weighted by atomic mass is 9.87. The van der Waals surface area contributed by atoms with Crippen LogP contribution in [0.25, 0.3) is 0 Å². The largest absolute Gasteiger partial charge is 0.460 e. The smallest absolute Gasteiger partial charge is 0.206 e. The molecule has 0 spiro atoms. The molecule has 0 aliphatic carbocycles. The van der Waals surface area contributed by atoms with E-state index in [0.29, 0.717) is 10.2 Å². The fourth-order valence-corrected chi connectivity index (χ4v) is 1.72. The fraction of sp³-hybridized carbons (Fsp3) is 1.00. The summed E-state index contributed by atoms with van der Waals surface area (Å²) in [5.41, 5.74) is -6.72. The first-order valence-electron chi connectivity index (χ1n) is 6.47. The fourth-order valence-electron chi connectivity index (χ4n) is 1.56. The number of hydrogen-bond donors (Lipinski definition) is 0. The zero-order valence-corrected chi connectivity index (χ0v) is 14.4. The van der Waals surface area contributed by atoms with Gasteiger partial charge in [0.05, 0.1) is 0 Å². The normalized spacial score (nSPS) is 17.1. The molecule has 0 rings (SSSR count). The second-order valence-electron chi connectivity index (χ2n) is 5.67. The van der Waals surface area contributed by atoms with Gasteiger partial charge < -0.3 is 0 Å². The Labute approximate surface area is 163 Å². The Balaban J connectivity index is 7.00. The Morgan fingerprint density at radius 2 is 0.406 bits per heavy atom. The van der Waals surface area contributed by atoms with Crippen molar-refractivity contribution in [1.29, 1.82) is 0 Å². The summed E-state index contributed by atoms with van der Waals surface area (Å²) in [5.74, 6) is -69.9. The molecule has 0 amide bonds. The maximum atomic E-state index is 13.2. The first kappa shape index (κ1) is 30.7. The Kier molecular flexibility index (Phi) is 6.84. The predicted molar refractivity (Wildman–Crippen MR) is 56.3 cm³/mol. The maximum Gasteiger partial charge on any atom is 0.460 e. The molecular formula is C10F21Si. The number of hydrogen-bond acceptors (Lipinski definition) is 0. The molecule has 22 heteroatoms. The van der Waals surface area contributed by atoms with Crippen molar-refractivity contribution >= 4 is 10.2 Å². The van der Waals surface area contributed by atoms with Crippen molar-refractivity contribution in [2.75, 3.05) is 0 Å². The van der Waals surface area contributed by atoms with E-state index in [1.54, 1.807) is 0 Å². The second kappa shape index (κ2) is 7.12. The summed E-state index contributed by atoms with van der Waals surface area (Å²) in [6.45, 7) is 0. The van der Waals surface area contributed by atoms with Crippen molar-refractivity contribution < 1.29 is 92.2 Å². The third kappa shape index (κ3) is 3.48. The molecule has 0 aromatic heterocycles. The highest BCUT2D eigenvalue weighted by molar-refractivity contribution is 6.14. The standard InChI is InChI=1S/C10F21Si/c11-1(12,3(15,16)5(19,20)7(23,24)9(27,28)29)2(13,14)4(17,18)6(21,22)8(25,26)10(30,31)32. The van der Waals surface area contributed by atoms with E-state index in [0.717, 1.165) is 0 Å². The van der Waals surface area contributed by atoms with E-state index in [1.165, 1.54) is 0 Å². The van der Waals surface area contributed by atoms with Crippen LogP contribution in [0.2, 0.25) is 0 Å². The molecule has 0 aromatic rings. The molecule has 0 heterocycles. The van der Waals surface area contributed by atoms with Crippen LogP contribution in [0.4, 0.5) is 92.2 Å². The first-order valence-corrected chi connectivity index (χ1v) is 6.97. The molecule has 0 atom stereocenters. The molecule has 3 radical (unpaired) electrons. The van der Waals surface area contributed by atoms with Gasteiger partial charge in [0, 0.05) is 0 Å². The van der Waals surface area contributed by atoms with Crippen LogP contribution in [0.3, 0.4) is 0 Å². The van der Waals surface area contributed by atoms with Gasteiger partial charge in [0.25, 0.3) is 5.55 Å². The maximum absolute atomic E-state index is 13.2. The van der Waals surface area contributed by atoms with Crippen molar-refractivity contribution in [3.63, 3.8) is 0 Å². The molecule has 0 N–H and O–H groups in total. The van der Waals surface area contributed by atoms with E-state index in [2.05, 4.69) is 0 Å². The molecule has 0 fully saturated rings. The van der Waals surface area contributed by atoms with E-state index >= 15 is 0 Å². The van der Waals surface area contributed by atoms with Gasteiger partial charge in [-0.3, -0.25) is 0 Å². The topological polar surface area (TPSA) is 0 Å². The van der Waals surface area contributed by atoms with Gasteiger partial charge in [0.2, 0.25) is 0 Å². The van der Waals surface area contributed by atoms with E-state index in [1.807, 2.05) is 0 Å². The molecule has 0 saturated heterocycles. The van der Waals surface area contributed by atoms with E-state index < -0.39 is 59.1 Å². The molecule has 191 valence electrons. The second-order valence-corrected chi connectivity index (χ2v) is 6.30. The molecular weight excluding hydrogens is 547 g/mol. The Bertz CT molecular complexity index is 632. The highest BCUT2D eigenvalue weighted by Crippen LogP contribution is 2.65. The summed E-state index contributed by atoms with van der Waals surface area (Å²) < 4.78 is 268. The van der Waals surface area contributed by atoms with Crippen molar-refractivity contribution in [2.24, 2.45) is 0 Å². The highest BCUT2D eigenvalue weighted by atomic mass is 28.1. The van der Waals surface area contributed by atoms with Crippen LogP contribution >= 0.6 is 0 Å². The highest BCUT2D eigenvalue weighted by Gasteiger charge is 2.97. The summed E-state index contributed by atoms with van der Waals surface area (Å²) in [6, 6.07) is 0. The quantitative estimate of drug-likeness (QED) is 0.244. The van der Waals surface area contributed by atoms with Crippen molar-refractivity contribution in [2.45, 2.75) is 59.1 Å². The van der Waals surface area contributed by atoms with Crippen LogP contribution in [-0.4, -0.2) is 69.3 Å². The van der Waals surface area contributed by atoms with Crippen LogP contribution in [0.5, 0.6) is 0 Å². The number of halogens is 21. The first-order chi connectivity index (χ1) is 13.2. The van der Waals surface area contributed by atoms with Gasteiger partial charge in [-0.1, -0.05) is 0 Å². The van der Waals surface area contributed by atoms with Crippen molar-refractivity contribution in [3.05, 3.63) is 0 Å². The van der Waals surface area contributed by atoms with Crippen LogP contribution < -0.4 is 0 Å². The SMILES string of the molecule is FC(F)(F)C(F)(F)C(F)(F)C(F)(F)C(F)(F)C(F)(F)C(F)(F)C(F)(F)C(F)(F)C(F)(F)[Si]. The third-order valence-electron chi connectivity index (χ3n) is 3.51. The molecule has 0 aliphatic rings. The Hall–Kier alpha value is -1.25.